The van der Waals surface area contributed by atoms with Gasteiger partial charge in [-0.05, 0) is 0 Å². The van der Waals surface area contributed by atoms with Crippen molar-refractivity contribution in [1.29, 1.82) is 0 Å². The second kappa shape index (κ2) is 6.24. The minimum atomic E-state index is -3.14. The quantitative estimate of drug-likeness (QED) is 0.784. The summed E-state index contributed by atoms with van der Waals surface area (Å²) in [5.41, 5.74) is 1.01. The van der Waals surface area contributed by atoms with Crippen LogP contribution in [-0.4, -0.2) is 29.4 Å². The first-order chi connectivity index (χ1) is 9.12. The number of rotatable bonds is 5. The summed E-state index contributed by atoms with van der Waals surface area (Å²) < 4.78 is 29.3. The van der Waals surface area contributed by atoms with Crippen LogP contribution in [0, 0.1) is 0 Å². The van der Waals surface area contributed by atoms with Crippen LogP contribution in [0.15, 0.2) is 59.5 Å². The van der Waals surface area contributed by atoms with Gasteiger partial charge in [0, 0.05) is 0 Å². The summed E-state index contributed by atoms with van der Waals surface area (Å²) in [6.45, 7) is 0. The summed E-state index contributed by atoms with van der Waals surface area (Å²) in [5, 5.41) is 0.564. The Hall–Kier alpha value is -1.29. The van der Waals surface area contributed by atoms with E-state index < -0.39 is 22.1 Å². The van der Waals surface area contributed by atoms with Gasteiger partial charge >= 0.3 is 118 Å². The first-order valence-electron chi connectivity index (χ1n) is 5.69. The third-order valence-corrected chi connectivity index (χ3v) is 8.45. The van der Waals surface area contributed by atoms with Crippen LogP contribution in [0.5, 0.6) is 5.75 Å². The predicted octanol–water partition coefficient (Wildman–Crippen LogP) is 2.29. The zero-order chi connectivity index (χ0) is 13.7. The molecule has 0 saturated heterocycles. The van der Waals surface area contributed by atoms with E-state index in [1.54, 1.807) is 31.4 Å². The third kappa shape index (κ3) is 3.83. The first kappa shape index (κ1) is 14.1. The van der Waals surface area contributed by atoms with Crippen molar-refractivity contribution in [2.75, 3.05) is 7.11 Å². The van der Waals surface area contributed by atoms with Gasteiger partial charge in [0.05, 0.1) is 0 Å². The average molecular weight is 341 g/mol. The molecule has 0 heterocycles. The summed E-state index contributed by atoms with van der Waals surface area (Å²) in [6, 6.07) is 16.1. The summed E-state index contributed by atoms with van der Waals surface area (Å²) in [7, 11) is -1.53. The third-order valence-electron chi connectivity index (χ3n) is 2.57. The molecule has 0 aromatic heterocycles. The van der Waals surface area contributed by atoms with Gasteiger partial charge in [-0.1, -0.05) is 0 Å². The van der Waals surface area contributed by atoms with Gasteiger partial charge in [0.2, 0.25) is 0 Å². The molecule has 3 nitrogen and oxygen atoms in total. The molecule has 0 aliphatic rings. The molecule has 0 amide bonds. The monoisotopic (exact) mass is 342 g/mol. The maximum absolute atomic E-state index is 12.1. The summed E-state index contributed by atoms with van der Waals surface area (Å²) in [5.74, 6) is 0.780. The fourth-order valence-electron chi connectivity index (χ4n) is 1.52. The second-order valence-electron chi connectivity index (χ2n) is 3.88. The molecule has 0 fully saturated rings. The van der Waals surface area contributed by atoms with Crippen LogP contribution in [0.3, 0.4) is 0 Å². The van der Waals surface area contributed by atoms with Crippen LogP contribution in [0.25, 0.3) is 0 Å². The molecule has 0 aliphatic heterocycles. The van der Waals surface area contributed by atoms with Crippen LogP contribution in [0.2, 0.25) is 0 Å². The maximum atomic E-state index is 12.1. The van der Waals surface area contributed by atoms with Gasteiger partial charge in [0.25, 0.3) is 0 Å². The number of methoxy groups -OCH3 is 1. The van der Waals surface area contributed by atoms with Crippen molar-refractivity contribution in [2.24, 2.45) is 0 Å². The SMILES string of the molecule is COc1ccc(C[Se]S(=O)(=O)c2ccccc2)cc1. The predicted molar refractivity (Wildman–Crippen MR) is 76.1 cm³/mol. The Balaban J connectivity index is 2.05. The van der Waals surface area contributed by atoms with Gasteiger partial charge in [-0.2, -0.15) is 0 Å². The average Bonchev–Trinajstić information content (AvgIpc) is 2.47. The van der Waals surface area contributed by atoms with Crippen LogP contribution in [0.4, 0.5) is 0 Å². The fourth-order valence-corrected chi connectivity index (χ4v) is 6.23. The van der Waals surface area contributed by atoms with Gasteiger partial charge in [0.1, 0.15) is 0 Å². The van der Waals surface area contributed by atoms with Crippen LogP contribution < -0.4 is 4.74 Å². The van der Waals surface area contributed by atoms with Gasteiger partial charge in [-0.3, -0.25) is 0 Å². The van der Waals surface area contributed by atoms with E-state index in [9.17, 15) is 8.42 Å². The molecular weight excluding hydrogens is 327 g/mol. The van der Waals surface area contributed by atoms with Crippen molar-refractivity contribution < 1.29 is 13.2 Å². The van der Waals surface area contributed by atoms with Crippen molar-refractivity contribution in [3.63, 3.8) is 0 Å². The van der Waals surface area contributed by atoms with Crippen LogP contribution in [-0.2, 0) is 13.6 Å². The van der Waals surface area contributed by atoms with E-state index in [0.717, 1.165) is 11.3 Å². The van der Waals surface area contributed by atoms with Crippen LogP contribution in [0.1, 0.15) is 5.56 Å². The molecule has 5 heteroatoms. The van der Waals surface area contributed by atoms with Gasteiger partial charge in [-0.15, -0.1) is 0 Å². The molecule has 0 aliphatic carbocycles. The molecule has 0 radical (unpaired) electrons. The minimum absolute atomic E-state index is 0.406. The molecule has 0 spiro atoms. The normalized spacial score (nSPS) is 11.2. The van der Waals surface area contributed by atoms with E-state index in [-0.39, 0.29) is 0 Å². The molecule has 0 N–H and O–H groups in total. The zero-order valence-electron chi connectivity index (χ0n) is 10.4. The van der Waals surface area contributed by atoms with E-state index in [4.69, 9.17) is 4.74 Å². The molecule has 2 aromatic carbocycles. The Morgan fingerprint density at radius 2 is 1.63 bits per heavy atom. The Kier molecular flexibility index (Phi) is 4.64. The Bertz CT molecular complexity index is 622. The Morgan fingerprint density at radius 1 is 1.00 bits per heavy atom. The first-order valence-corrected chi connectivity index (χ1v) is 10.4. The van der Waals surface area contributed by atoms with Crippen molar-refractivity contribution in [3.05, 3.63) is 60.2 Å². The summed E-state index contributed by atoms with van der Waals surface area (Å²) >= 11 is -0.497. The van der Waals surface area contributed by atoms with Crippen molar-refractivity contribution in [3.8, 4) is 5.75 Å². The van der Waals surface area contributed by atoms with Crippen molar-refractivity contribution in [1.82, 2.24) is 0 Å². The van der Waals surface area contributed by atoms with E-state index in [0.29, 0.717) is 10.2 Å². The topological polar surface area (TPSA) is 43.4 Å². The Morgan fingerprint density at radius 3 is 2.21 bits per heavy atom. The van der Waals surface area contributed by atoms with Gasteiger partial charge in [-0.25, -0.2) is 0 Å². The van der Waals surface area contributed by atoms with Crippen LogP contribution >= 0.6 is 0 Å². The number of hydrogen-bond donors (Lipinski definition) is 0. The van der Waals surface area contributed by atoms with E-state index >= 15 is 0 Å². The van der Waals surface area contributed by atoms with Crippen molar-refractivity contribution in [2.45, 2.75) is 10.2 Å². The Labute approximate surface area is 118 Å². The molecule has 0 saturated carbocycles. The molecule has 100 valence electrons. The van der Waals surface area contributed by atoms with E-state index in [1.807, 2.05) is 30.3 Å². The standard InChI is InChI=1S/C14H14O3SSe/c1-17-13-9-7-12(8-10-13)11-19-18(15,16)14-5-3-2-4-6-14/h2-10H,11H2,1H3. The molecule has 2 rings (SSSR count). The summed E-state index contributed by atoms with van der Waals surface area (Å²) in [4.78, 5) is 0.406. The molecule has 0 atom stereocenters. The fraction of sp³-hybridized carbons (Fsp3) is 0.143. The van der Waals surface area contributed by atoms with E-state index in [1.165, 1.54) is 0 Å². The zero-order valence-corrected chi connectivity index (χ0v) is 13.0. The second-order valence-corrected chi connectivity index (χ2v) is 10.3. The van der Waals surface area contributed by atoms with E-state index in [2.05, 4.69) is 0 Å². The van der Waals surface area contributed by atoms with Gasteiger partial charge in [0.15, 0.2) is 0 Å². The number of benzene rings is 2. The van der Waals surface area contributed by atoms with Crippen molar-refractivity contribution >= 4 is 22.1 Å². The number of ether oxygens (including phenoxy) is 1. The number of hydrogen-bond acceptors (Lipinski definition) is 3. The molecule has 0 bridgehead atoms. The van der Waals surface area contributed by atoms with Gasteiger partial charge < -0.3 is 0 Å². The molecule has 0 unspecified atom stereocenters. The summed E-state index contributed by atoms with van der Waals surface area (Å²) in [6.07, 6.45) is 0. The molecular formula is C14H14O3SSe. The molecule has 2 aromatic rings. The molecule has 19 heavy (non-hydrogen) atoms.